The number of hydrogen-bond acceptors (Lipinski definition) is 18. The van der Waals surface area contributed by atoms with Crippen LogP contribution in [0.2, 0.25) is 0 Å². The molecule has 64 heavy (non-hydrogen) atoms. The highest BCUT2D eigenvalue weighted by Gasteiger charge is 2.72. The normalized spacial score (nSPS) is 54.1. The first-order valence-electron chi connectivity index (χ1n) is 23.6. The van der Waals surface area contributed by atoms with Crippen molar-refractivity contribution < 1.29 is 89.0 Å². The summed E-state index contributed by atoms with van der Waals surface area (Å²) in [7, 11) is 0. The molecule has 10 N–H and O–H groups in total. The van der Waals surface area contributed by atoms with Crippen LogP contribution >= 0.6 is 0 Å². The molecular formula is C46H74O18. The van der Waals surface area contributed by atoms with Crippen LogP contribution in [-0.2, 0) is 38.0 Å². The van der Waals surface area contributed by atoms with Gasteiger partial charge in [0.15, 0.2) is 24.7 Å². The predicted octanol–water partition coefficient (Wildman–Crippen LogP) is -0.293. The number of carbonyl (C=O) groups is 1. The van der Waals surface area contributed by atoms with Gasteiger partial charge < -0.3 is 84.2 Å². The highest BCUT2D eigenvalue weighted by Crippen LogP contribution is 2.75. The maximum Gasteiger partial charge on any atom is 0.187 e. The molecule has 4 saturated heterocycles. The lowest BCUT2D eigenvalue weighted by atomic mass is 9.42. The molecule has 1 spiro atoms. The zero-order valence-electron chi connectivity index (χ0n) is 38.0. The number of allylic oxidation sites excluding steroid dienone is 2. The Bertz CT molecular complexity index is 1730. The van der Waals surface area contributed by atoms with Gasteiger partial charge in [0.25, 0.3) is 0 Å². The van der Waals surface area contributed by atoms with Crippen LogP contribution in [0, 0.1) is 33.5 Å². The van der Waals surface area contributed by atoms with Gasteiger partial charge in [-0.05, 0) is 80.5 Å². The Morgan fingerprint density at radius 3 is 2.05 bits per heavy atom. The van der Waals surface area contributed by atoms with E-state index in [1.165, 1.54) is 11.1 Å². The van der Waals surface area contributed by atoms with Gasteiger partial charge in [-0.15, -0.1) is 0 Å². The SMILES string of the molecule is CCC(=O)[C@H]1C[C@@H](C)[C@]2(CC[C@@]3(C)C4=C(CC[C@@]32C)[C@@]2(C)CC[C@H](O[C@@H]3O[C@H](CO[C@@H]5OC[C@H](O)[C@H](O)[C@H]5O[C@@H]5O[C@H](CO)[C@@H](O)[C@H](O)[C@H]5O)[C@@H](O)[C@H](O)[C@H]3O)[C@](C)(CO)[C@@H]2CC4)O1. The van der Waals surface area contributed by atoms with E-state index in [0.29, 0.717) is 12.8 Å². The Morgan fingerprint density at radius 1 is 0.734 bits per heavy atom. The first-order chi connectivity index (χ1) is 30.2. The largest absolute Gasteiger partial charge is 0.396 e. The van der Waals surface area contributed by atoms with Crippen molar-refractivity contribution in [2.75, 3.05) is 26.4 Å². The molecule has 0 aromatic heterocycles. The van der Waals surface area contributed by atoms with Gasteiger partial charge in [0.2, 0.25) is 0 Å². The summed E-state index contributed by atoms with van der Waals surface area (Å²) in [5, 5.41) is 107. The third kappa shape index (κ3) is 7.43. The van der Waals surface area contributed by atoms with Gasteiger partial charge in [-0.1, -0.05) is 52.7 Å². The van der Waals surface area contributed by atoms with E-state index < -0.39 is 117 Å². The molecule has 0 bridgehead atoms. The second-order valence-corrected chi connectivity index (χ2v) is 21.3. The molecule has 8 rings (SSSR count). The smallest absolute Gasteiger partial charge is 0.187 e. The van der Waals surface area contributed by atoms with Crippen LogP contribution in [0.25, 0.3) is 0 Å². The van der Waals surface area contributed by atoms with Crippen molar-refractivity contribution in [2.24, 2.45) is 33.5 Å². The molecule has 18 nitrogen and oxygen atoms in total. The summed E-state index contributed by atoms with van der Waals surface area (Å²) in [6, 6.07) is 0. The Hall–Kier alpha value is -1.27. The Labute approximate surface area is 374 Å². The fourth-order valence-corrected chi connectivity index (χ4v) is 14.2. The minimum atomic E-state index is -1.83. The van der Waals surface area contributed by atoms with Gasteiger partial charge in [-0.2, -0.15) is 0 Å². The van der Waals surface area contributed by atoms with Crippen molar-refractivity contribution in [3.8, 4) is 0 Å². The zero-order valence-corrected chi connectivity index (χ0v) is 38.0. The molecule has 0 radical (unpaired) electrons. The van der Waals surface area contributed by atoms with Gasteiger partial charge in [0.1, 0.15) is 73.2 Å². The molecule has 8 aliphatic rings. The van der Waals surface area contributed by atoms with Crippen LogP contribution in [0.15, 0.2) is 11.1 Å². The molecule has 23 atom stereocenters. The third-order valence-corrected chi connectivity index (χ3v) is 18.4. The molecule has 0 aromatic carbocycles. The molecule has 18 heteroatoms. The standard InChI is InChI=1S/C46H74O18/c1-7-24(49)26-16-21(2)46(64-26)15-14-44(5)23-8-9-29-42(3,22(23)10-13-45(44,46)6)12-11-30(43(29,4)20-48)62-39-36(56)35(55)33(53)28(61-39)19-59-41-38(31(51)25(50)18-58-41)63-40-37(57)34(54)32(52)27(17-47)60-40/h21,25-41,47-48,50-57H,7-20H2,1-6H3/t21-,25+,26-,27-,28-,29-,30+,31+,32-,33-,34+,35+,36-,37-,38-,39+,40+,41+,42-,43-,44+,45+,46+/m1/s1. The first kappa shape index (κ1) is 49.2. The van der Waals surface area contributed by atoms with Crippen LogP contribution < -0.4 is 0 Å². The lowest BCUT2D eigenvalue weighted by Gasteiger charge is -2.63. The van der Waals surface area contributed by atoms with Gasteiger partial charge in [0, 0.05) is 17.3 Å². The first-order valence-corrected chi connectivity index (χ1v) is 23.6. The van der Waals surface area contributed by atoms with Gasteiger partial charge in [-0.3, -0.25) is 4.79 Å². The molecule has 4 aliphatic heterocycles. The lowest BCUT2D eigenvalue weighted by molar-refractivity contribution is -0.365. The van der Waals surface area contributed by atoms with E-state index in [-0.39, 0.29) is 52.2 Å². The molecule has 6 fully saturated rings. The number of aliphatic hydroxyl groups is 10. The van der Waals surface area contributed by atoms with Crippen molar-refractivity contribution in [1.82, 2.24) is 0 Å². The van der Waals surface area contributed by atoms with E-state index in [2.05, 4.69) is 27.7 Å². The minimum absolute atomic E-state index is 0.000245. The van der Waals surface area contributed by atoms with Crippen molar-refractivity contribution in [2.45, 2.75) is 210 Å². The predicted molar refractivity (Wildman–Crippen MR) is 222 cm³/mol. The maximum atomic E-state index is 12.9. The molecule has 366 valence electrons. The van der Waals surface area contributed by atoms with E-state index in [1.807, 2.05) is 13.8 Å². The molecule has 0 unspecified atom stereocenters. The van der Waals surface area contributed by atoms with Crippen LogP contribution in [0.4, 0.5) is 0 Å². The van der Waals surface area contributed by atoms with Gasteiger partial charge in [0.05, 0.1) is 38.1 Å². The maximum absolute atomic E-state index is 12.9. The summed E-state index contributed by atoms with van der Waals surface area (Å²) in [4.78, 5) is 12.9. The van der Waals surface area contributed by atoms with Crippen molar-refractivity contribution >= 4 is 5.78 Å². The summed E-state index contributed by atoms with van der Waals surface area (Å²) >= 11 is 0. The van der Waals surface area contributed by atoms with Gasteiger partial charge in [-0.25, -0.2) is 0 Å². The van der Waals surface area contributed by atoms with Crippen LogP contribution in [0.1, 0.15) is 106 Å². The lowest BCUT2D eigenvalue weighted by Crippen LogP contribution is -2.64. The van der Waals surface area contributed by atoms with E-state index in [4.69, 9.17) is 33.2 Å². The number of ketones is 1. The number of fused-ring (bicyclic) bond motifs is 5. The Balaban J connectivity index is 0.966. The van der Waals surface area contributed by atoms with Gasteiger partial charge >= 0.3 is 0 Å². The number of hydrogen-bond donors (Lipinski definition) is 10. The van der Waals surface area contributed by atoms with E-state index >= 15 is 0 Å². The summed E-state index contributed by atoms with van der Waals surface area (Å²) in [5.41, 5.74) is 1.30. The second-order valence-electron chi connectivity index (χ2n) is 21.3. The number of rotatable bonds is 11. The highest BCUT2D eigenvalue weighted by atomic mass is 16.8. The molecule has 0 aromatic rings. The van der Waals surface area contributed by atoms with Crippen LogP contribution in [0.5, 0.6) is 0 Å². The third-order valence-electron chi connectivity index (χ3n) is 18.4. The average molecular weight is 915 g/mol. The average Bonchev–Trinajstić information content (AvgIpc) is 3.75. The summed E-state index contributed by atoms with van der Waals surface area (Å²) in [6.45, 7) is 11.5. The molecule has 0 amide bonds. The fraction of sp³-hybridized carbons (Fsp3) is 0.935. The van der Waals surface area contributed by atoms with Crippen molar-refractivity contribution in [1.29, 1.82) is 0 Å². The second kappa shape index (κ2) is 17.9. The fourth-order valence-electron chi connectivity index (χ4n) is 14.2. The summed E-state index contributed by atoms with van der Waals surface area (Å²) in [5.74, 6) is 0.446. The van der Waals surface area contributed by atoms with Crippen molar-refractivity contribution in [3.05, 3.63) is 11.1 Å². The number of ether oxygens (including phenoxy) is 7. The van der Waals surface area contributed by atoms with E-state index in [1.54, 1.807) is 0 Å². The summed E-state index contributed by atoms with van der Waals surface area (Å²) in [6.07, 6.45) is -15.4. The topological polar surface area (TPSA) is 284 Å². The Morgan fingerprint density at radius 2 is 1.39 bits per heavy atom. The number of Topliss-reactive ketones (excluding diaryl/α,β-unsaturated/α-hetero) is 1. The van der Waals surface area contributed by atoms with E-state index in [0.717, 1.165) is 51.4 Å². The van der Waals surface area contributed by atoms with E-state index in [9.17, 15) is 55.9 Å². The zero-order chi connectivity index (χ0) is 46.5. The molecule has 2 saturated carbocycles. The quantitative estimate of drug-likeness (QED) is 0.119. The summed E-state index contributed by atoms with van der Waals surface area (Å²) < 4.78 is 42.3. The van der Waals surface area contributed by atoms with Crippen LogP contribution in [0.3, 0.4) is 0 Å². The monoisotopic (exact) mass is 914 g/mol. The highest BCUT2D eigenvalue weighted by molar-refractivity contribution is 5.83. The van der Waals surface area contributed by atoms with Crippen LogP contribution in [-0.4, -0.2) is 187 Å². The Kier molecular flexibility index (Phi) is 13.8. The molecule has 4 aliphatic carbocycles. The number of carbonyl (C=O) groups excluding carboxylic acids is 1. The minimum Gasteiger partial charge on any atom is -0.396 e. The molecular weight excluding hydrogens is 840 g/mol. The van der Waals surface area contributed by atoms with Crippen molar-refractivity contribution in [3.63, 3.8) is 0 Å². The molecule has 4 heterocycles. The number of aliphatic hydroxyl groups excluding tert-OH is 10.